The molecule has 1 aliphatic rings. The lowest BCUT2D eigenvalue weighted by atomic mass is 9.81. The maximum Gasteiger partial charge on any atom is 0.0561 e. The van der Waals surface area contributed by atoms with Crippen LogP contribution >= 0.6 is 0 Å². The third-order valence-corrected chi connectivity index (χ3v) is 12.0. The highest BCUT2D eigenvalue weighted by molar-refractivity contribution is 6.15. The van der Waals surface area contributed by atoms with Gasteiger partial charge in [-0.25, -0.2) is 0 Å². The molecule has 11 rings (SSSR count). The van der Waals surface area contributed by atoms with E-state index in [2.05, 4.69) is 217 Å². The van der Waals surface area contributed by atoms with Crippen molar-refractivity contribution in [1.82, 2.24) is 4.57 Å². The van der Waals surface area contributed by atoms with E-state index in [0.29, 0.717) is 0 Å². The quantitative estimate of drug-likeness (QED) is 0.162. The summed E-state index contributed by atoms with van der Waals surface area (Å²) in [4.78, 5) is 2.45. The van der Waals surface area contributed by atoms with Gasteiger partial charge in [0.05, 0.1) is 16.7 Å². The number of hydrogen-bond donors (Lipinski definition) is 0. The summed E-state index contributed by atoms with van der Waals surface area (Å²) in [6, 6.07) is 71.5. The molecule has 0 amide bonds. The standard InChI is InChI=1S/C53H38N2/c1-53(2)48-22-12-10-19-43(48)44-30-26-36(32-49(44)53)35-24-27-39(28-25-35)54(51-33-37-14-6-7-17-41(37)42-18-8-9-20-45(42)51)40-29-31-47-46-21-11-13-23-50(46)55(52(47)34-40)38-15-4-3-5-16-38/h3-34H,1-2H3. The van der Waals surface area contributed by atoms with Gasteiger partial charge >= 0.3 is 0 Å². The Balaban J connectivity index is 1.11. The zero-order chi connectivity index (χ0) is 36.7. The van der Waals surface area contributed by atoms with Crippen LogP contribution in [0.1, 0.15) is 25.0 Å². The van der Waals surface area contributed by atoms with Gasteiger partial charge in [-0.2, -0.15) is 0 Å². The summed E-state index contributed by atoms with van der Waals surface area (Å²) in [6.45, 7) is 4.70. The molecule has 2 heteroatoms. The summed E-state index contributed by atoms with van der Waals surface area (Å²) in [7, 11) is 0. The van der Waals surface area contributed by atoms with E-state index >= 15 is 0 Å². The van der Waals surface area contributed by atoms with Crippen molar-refractivity contribution in [1.29, 1.82) is 0 Å². The van der Waals surface area contributed by atoms with Crippen LogP contribution in [0.4, 0.5) is 17.1 Å². The lowest BCUT2D eigenvalue weighted by molar-refractivity contribution is 0.660. The van der Waals surface area contributed by atoms with Crippen LogP contribution in [0.25, 0.3) is 71.3 Å². The van der Waals surface area contributed by atoms with Crippen LogP contribution < -0.4 is 4.90 Å². The molecule has 0 saturated heterocycles. The molecule has 2 nitrogen and oxygen atoms in total. The smallest absolute Gasteiger partial charge is 0.0561 e. The van der Waals surface area contributed by atoms with Crippen molar-refractivity contribution >= 4 is 60.4 Å². The summed E-state index contributed by atoms with van der Waals surface area (Å²) in [5, 5.41) is 7.44. The Kier molecular flexibility index (Phi) is 6.93. The fourth-order valence-corrected chi connectivity index (χ4v) is 9.29. The van der Waals surface area contributed by atoms with Crippen molar-refractivity contribution in [3.05, 3.63) is 205 Å². The molecule has 0 saturated carbocycles. The first kappa shape index (κ1) is 31.6. The van der Waals surface area contributed by atoms with Crippen LogP contribution in [0.3, 0.4) is 0 Å². The monoisotopic (exact) mass is 702 g/mol. The zero-order valence-corrected chi connectivity index (χ0v) is 30.9. The van der Waals surface area contributed by atoms with Crippen molar-refractivity contribution < 1.29 is 0 Å². The lowest BCUT2D eigenvalue weighted by Gasteiger charge is -2.28. The van der Waals surface area contributed by atoms with E-state index in [4.69, 9.17) is 0 Å². The highest BCUT2D eigenvalue weighted by Gasteiger charge is 2.35. The molecule has 1 aliphatic carbocycles. The minimum atomic E-state index is -0.0450. The van der Waals surface area contributed by atoms with Crippen molar-refractivity contribution in [3.8, 4) is 27.9 Å². The maximum atomic E-state index is 2.45. The Morgan fingerprint density at radius 1 is 0.400 bits per heavy atom. The van der Waals surface area contributed by atoms with E-state index in [1.165, 1.54) is 76.7 Å². The van der Waals surface area contributed by atoms with Crippen LogP contribution in [0, 0.1) is 0 Å². The van der Waals surface area contributed by atoms with Crippen molar-refractivity contribution in [2.45, 2.75) is 19.3 Å². The fourth-order valence-electron chi connectivity index (χ4n) is 9.29. The van der Waals surface area contributed by atoms with E-state index in [-0.39, 0.29) is 5.41 Å². The van der Waals surface area contributed by atoms with Crippen molar-refractivity contribution in [2.75, 3.05) is 4.90 Å². The zero-order valence-electron chi connectivity index (χ0n) is 30.9. The topological polar surface area (TPSA) is 8.17 Å². The summed E-state index contributed by atoms with van der Waals surface area (Å²) in [6.07, 6.45) is 0. The molecule has 0 atom stereocenters. The summed E-state index contributed by atoms with van der Waals surface area (Å²) >= 11 is 0. The van der Waals surface area contributed by atoms with Crippen LogP contribution in [0.5, 0.6) is 0 Å². The molecule has 10 aromatic rings. The van der Waals surface area contributed by atoms with Gasteiger partial charge in [-0.1, -0.05) is 153 Å². The number of anilines is 3. The molecule has 55 heavy (non-hydrogen) atoms. The third-order valence-electron chi connectivity index (χ3n) is 12.0. The number of para-hydroxylation sites is 2. The molecule has 9 aromatic carbocycles. The van der Waals surface area contributed by atoms with Crippen molar-refractivity contribution in [3.63, 3.8) is 0 Å². The molecule has 0 bridgehead atoms. The molecule has 0 radical (unpaired) electrons. The van der Waals surface area contributed by atoms with Gasteiger partial charge in [0.15, 0.2) is 0 Å². The van der Waals surface area contributed by atoms with E-state index in [1.54, 1.807) is 0 Å². The summed E-state index contributed by atoms with van der Waals surface area (Å²) in [5.41, 5.74) is 14.8. The van der Waals surface area contributed by atoms with Gasteiger partial charge in [0.25, 0.3) is 0 Å². The van der Waals surface area contributed by atoms with Crippen LogP contribution in [-0.4, -0.2) is 4.57 Å². The first-order valence-corrected chi connectivity index (χ1v) is 19.2. The van der Waals surface area contributed by atoms with Gasteiger partial charge in [0, 0.05) is 38.6 Å². The third kappa shape index (κ3) is 4.81. The molecular weight excluding hydrogens is 665 g/mol. The van der Waals surface area contributed by atoms with Crippen LogP contribution in [-0.2, 0) is 5.41 Å². The number of nitrogens with zero attached hydrogens (tertiary/aromatic N) is 2. The Morgan fingerprint density at radius 3 is 1.85 bits per heavy atom. The summed E-state index contributed by atoms with van der Waals surface area (Å²) in [5.74, 6) is 0. The van der Waals surface area contributed by atoms with Crippen LogP contribution in [0.15, 0.2) is 194 Å². The van der Waals surface area contributed by atoms with E-state index in [9.17, 15) is 0 Å². The average Bonchev–Trinajstić information content (AvgIpc) is 3.69. The minimum absolute atomic E-state index is 0.0450. The Morgan fingerprint density at radius 2 is 1.02 bits per heavy atom. The largest absolute Gasteiger partial charge is 0.310 e. The molecule has 1 aromatic heterocycles. The molecule has 0 N–H and O–H groups in total. The molecule has 0 spiro atoms. The predicted molar refractivity (Wildman–Crippen MR) is 233 cm³/mol. The number of aromatic nitrogens is 1. The predicted octanol–water partition coefficient (Wildman–Crippen LogP) is 14.5. The van der Waals surface area contributed by atoms with E-state index < -0.39 is 0 Å². The lowest BCUT2D eigenvalue weighted by Crippen LogP contribution is -2.14. The van der Waals surface area contributed by atoms with E-state index in [1.807, 2.05) is 0 Å². The molecule has 260 valence electrons. The number of rotatable bonds is 5. The Labute approximate surface area is 321 Å². The molecule has 0 aliphatic heterocycles. The highest BCUT2D eigenvalue weighted by Crippen LogP contribution is 2.50. The minimum Gasteiger partial charge on any atom is -0.310 e. The average molecular weight is 703 g/mol. The second kappa shape index (κ2) is 12.1. The number of benzene rings is 9. The Bertz CT molecular complexity index is 3110. The molecule has 1 heterocycles. The first-order valence-electron chi connectivity index (χ1n) is 19.2. The number of fused-ring (bicyclic) bond motifs is 9. The van der Waals surface area contributed by atoms with Gasteiger partial charge in [-0.15, -0.1) is 0 Å². The first-order chi connectivity index (χ1) is 27.0. The van der Waals surface area contributed by atoms with Gasteiger partial charge in [0.1, 0.15) is 0 Å². The van der Waals surface area contributed by atoms with Gasteiger partial charge in [0.2, 0.25) is 0 Å². The second-order valence-electron chi connectivity index (χ2n) is 15.4. The molecule has 0 unspecified atom stereocenters. The van der Waals surface area contributed by atoms with Crippen molar-refractivity contribution in [2.24, 2.45) is 0 Å². The van der Waals surface area contributed by atoms with Crippen LogP contribution in [0.2, 0.25) is 0 Å². The SMILES string of the molecule is CC1(C)c2ccccc2-c2ccc(-c3ccc(N(c4ccc5c6ccccc6n(-c6ccccc6)c5c4)c4cc5ccccc5c5ccccc45)cc3)cc21. The molecular formula is C53H38N2. The Hall–Kier alpha value is -6.90. The molecule has 0 fully saturated rings. The highest BCUT2D eigenvalue weighted by atomic mass is 15.1. The fraction of sp³-hybridized carbons (Fsp3) is 0.0566. The normalized spacial score (nSPS) is 13.1. The number of hydrogen-bond acceptors (Lipinski definition) is 1. The van der Waals surface area contributed by atoms with Gasteiger partial charge < -0.3 is 9.47 Å². The second-order valence-corrected chi connectivity index (χ2v) is 15.4. The summed E-state index contributed by atoms with van der Waals surface area (Å²) < 4.78 is 2.40. The van der Waals surface area contributed by atoms with E-state index in [0.717, 1.165) is 22.7 Å². The maximum absolute atomic E-state index is 2.45. The van der Waals surface area contributed by atoms with Gasteiger partial charge in [-0.3, -0.25) is 0 Å². The van der Waals surface area contributed by atoms with Gasteiger partial charge in [-0.05, 0) is 104 Å².